The summed E-state index contributed by atoms with van der Waals surface area (Å²) in [5, 5.41) is 0.715. The molecule has 1 saturated heterocycles. The van der Waals surface area contributed by atoms with Gasteiger partial charge in [-0.05, 0) is 45.0 Å². The minimum absolute atomic E-state index is 0.0583. The zero-order valence-corrected chi connectivity index (χ0v) is 17.3. The summed E-state index contributed by atoms with van der Waals surface area (Å²) in [4.78, 5) is 29.0. The van der Waals surface area contributed by atoms with Crippen LogP contribution in [0.25, 0.3) is 0 Å². The lowest BCUT2D eigenvalue weighted by atomic mass is 10.2. The first-order valence-corrected chi connectivity index (χ1v) is 9.90. The highest BCUT2D eigenvalue weighted by Gasteiger charge is 2.24. The van der Waals surface area contributed by atoms with Crippen LogP contribution in [0.5, 0.6) is 0 Å². The molecule has 0 radical (unpaired) electrons. The van der Waals surface area contributed by atoms with Gasteiger partial charge in [-0.15, -0.1) is 0 Å². The summed E-state index contributed by atoms with van der Waals surface area (Å²) in [7, 11) is 0. The predicted octanol–water partition coefficient (Wildman–Crippen LogP) is 3.28. The zero-order chi connectivity index (χ0) is 20.3. The molecule has 6 nitrogen and oxygen atoms in total. The molecule has 1 fully saturated rings. The number of aromatic nitrogens is 1. The average molecular weight is 404 g/mol. The SMILES string of the molecule is CCOC(=O)c1cc(C)n(CC(=O)N2CCN(c3cccc(Cl)c3)CC2)c1C. The predicted molar refractivity (Wildman–Crippen MR) is 110 cm³/mol. The van der Waals surface area contributed by atoms with Crippen molar-refractivity contribution in [1.82, 2.24) is 9.47 Å². The Labute approximate surface area is 170 Å². The van der Waals surface area contributed by atoms with Crippen molar-refractivity contribution in [3.8, 4) is 0 Å². The second-order valence-corrected chi connectivity index (χ2v) is 7.38. The first-order valence-electron chi connectivity index (χ1n) is 9.52. The number of carbonyl (C=O) groups is 2. The van der Waals surface area contributed by atoms with Gasteiger partial charge in [-0.25, -0.2) is 4.79 Å². The van der Waals surface area contributed by atoms with E-state index >= 15 is 0 Å². The highest BCUT2D eigenvalue weighted by molar-refractivity contribution is 6.30. The van der Waals surface area contributed by atoms with E-state index in [1.165, 1.54) is 0 Å². The highest BCUT2D eigenvalue weighted by atomic mass is 35.5. The maximum Gasteiger partial charge on any atom is 0.339 e. The second-order valence-electron chi connectivity index (χ2n) is 6.94. The number of esters is 1. The highest BCUT2D eigenvalue weighted by Crippen LogP contribution is 2.21. The molecule has 1 aromatic carbocycles. The van der Waals surface area contributed by atoms with Crippen molar-refractivity contribution in [2.75, 3.05) is 37.7 Å². The van der Waals surface area contributed by atoms with E-state index in [0.717, 1.165) is 30.2 Å². The summed E-state index contributed by atoms with van der Waals surface area (Å²) >= 11 is 6.08. The normalized spacial score (nSPS) is 14.3. The third-order valence-corrected chi connectivity index (χ3v) is 5.40. The van der Waals surface area contributed by atoms with Gasteiger partial charge in [0, 0.05) is 48.3 Å². The second kappa shape index (κ2) is 8.69. The van der Waals surface area contributed by atoms with E-state index in [9.17, 15) is 9.59 Å². The largest absolute Gasteiger partial charge is 0.462 e. The van der Waals surface area contributed by atoms with Crippen LogP contribution in [0.3, 0.4) is 0 Å². The number of aryl methyl sites for hydroxylation is 1. The molecule has 0 aliphatic carbocycles. The third-order valence-electron chi connectivity index (χ3n) is 5.17. The Bertz CT molecular complexity index is 870. The molecule has 1 aromatic heterocycles. The Balaban J connectivity index is 1.63. The van der Waals surface area contributed by atoms with Crippen LogP contribution in [0.1, 0.15) is 28.7 Å². The van der Waals surface area contributed by atoms with Crippen LogP contribution in [0.15, 0.2) is 30.3 Å². The van der Waals surface area contributed by atoms with Gasteiger partial charge in [0.1, 0.15) is 6.54 Å². The molecule has 0 saturated carbocycles. The number of piperazine rings is 1. The first-order chi connectivity index (χ1) is 13.4. The van der Waals surface area contributed by atoms with Crippen molar-refractivity contribution in [3.63, 3.8) is 0 Å². The summed E-state index contributed by atoms with van der Waals surface area (Å²) in [6, 6.07) is 9.57. The smallest absolute Gasteiger partial charge is 0.339 e. The van der Waals surface area contributed by atoms with Crippen molar-refractivity contribution in [2.45, 2.75) is 27.3 Å². The standard InChI is InChI=1S/C21H26ClN3O3/c1-4-28-21(27)19-12-15(2)25(16(19)3)14-20(26)24-10-8-23(9-11-24)18-7-5-6-17(22)13-18/h5-7,12-13H,4,8-11,14H2,1-3H3. The Morgan fingerprint density at radius 2 is 1.82 bits per heavy atom. The van der Waals surface area contributed by atoms with E-state index in [1.807, 2.05) is 47.6 Å². The van der Waals surface area contributed by atoms with Crippen LogP contribution < -0.4 is 4.90 Å². The molecule has 1 aliphatic heterocycles. The molecule has 28 heavy (non-hydrogen) atoms. The molecule has 7 heteroatoms. The molecule has 0 atom stereocenters. The molecule has 1 aliphatic rings. The fourth-order valence-electron chi connectivity index (χ4n) is 3.58. The molecule has 0 spiro atoms. The fraction of sp³-hybridized carbons (Fsp3) is 0.429. The van der Waals surface area contributed by atoms with E-state index in [4.69, 9.17) is 16.3 Å². The number of halogens is 1. The van der Waals surface area contributed by atoms with Gasteiger partial charge in [0.2, 0.25) is 5.91 Å². The van der Waals surface area contributed by atoms with Crippen molar-refractivity contribution >= 4 is 29.2 Å². The summed E-state index contributed by atoms with van der Waals surface area (Å²) in [6.45, 7) is 8.96. The number of benzene rings is 1. The summed E-state index contributed by atoms with van der Waals surface area (Å²) in [5.41, 5.74) is 3.25. The Hall–Kier alpha value is -2.47. The number of hydrogen-bond acceptors (Lipinski definition) is 4. The fourth-order valence-corrected chi connectivity index (χ4v) is 3.77. The number of amides is 1. The molecule has 0 bridgehead atoms. The van der Waals surface area contributed by atoms with E-state index in [-0.39, 0.29) is 18.4 Å². The molecule has 1 amide bonds. The van der Waals surface area contributed by atoms with Crippen LogP contribution >= 0.6 is 11.6 Å². The average Bonchev–Trinajstić information content (AvgIpc) is 2.96. The number of anilines is 1. The zero-order valence-electron chi connectivity index (χ0n) is 16.6. The molecule has 150 valence electrons. The van der Waals surface area contributed by atoms with Crippen LogP contribution in [-0.4, -0.2) is 54.1 Å². The minimum atomic E-state index is -0.343. The molecule has 0 N–H and O–H groups in total. The monoisotopic (exact) mass is 403 g/mol. The van der Waals surface area contributed by atoms with E-state index in [2.05, 4.69) is 4.90 Å². The number of hydrogen-bond donors (Lipinski definition) is 0. The van der Waals surface area contributed by atoms with Crippen molar-refractivity contribution in [3.05, 3.63) is 52.3 Å². The quantitative estimate of drug-likeness (QED) is 0.719. The molecular formula is C21H26ClN3O3. The lowest BCUT2D eigenvalue weighted by molar-refractivity contribution is -0.132. The minimum Gasteiger partial charge on any atom is -0.462 e. The van der Waals surface area contributed by atoms with Gasteiger partial charge < -0.3 is 19.1 Å². The molecule has 3 rings (SSSR count). The van der Waals surface area contributed by atoms with Gasteiger partial charge >= 0.3 is 5.97 Å². The van der Waals surface area contributed by atoms with Gasteiger partial charge in [-0.1, -0.05) is 17.7 Å². The lowest BCUT2D eigenvalue weighted by Gasteiger charge is -2.36. The van der Waals surface area contributed by atoms with Crippen LogP contribution in [0, 0.1) is 13.8 Å². The van der Waals surface area contributed by atoms with E-state index in [0.29, 0.717) is 30.3 Å². The third kappa shape index (κ3) is 4.33. The Kier molecular flexibility index (Phi) is 6.29. The van der Waals surface area contributed by atoms with Crippen molar-refractivity contribution < 1.29 is 14.3 Å². The topological polar surface area (TPSA) is 54.8 Å². The summed E-state index contributed by atoms with van der Waals surface area (Å²) < 4.78 is 6.98. The number of rotatable bonds is 5. The summed E-state index contributed by atoms with van der Waals surface area (Å²) in [5.74, 6) is -0.285. The lowest BCUT2D eigenvalue weighted by Crippen LogP contribution is -2.49. The first kappa shape index (κ1) is 20.3. The van der Waals surface area contributed by atoms with Crippen LogP contribution in [0.2, 0.25) is 5.02 Å². The van der Waals surface area contributed by atoms with Crippen molar-refractivity contribution in [1.29, 1.82) is 0 Å². The molecule has 2 aromatic rings. The summed E-state index contributed by atoms with van der Waals surface area (Å²) in [6.07, 6.45) is 0. The van der Waals surface area contributed by atoms with Crippen molar-refractivity contribution in [2.24, 2.45) is 0 Å². The van der Waals surface area contributed by atoms with Gasteiger partial charge in [-0.3, -0.25) is 4.79 Å². The van der Waals surface area contributed by atoms with Gasteiger partial charge in [0.15, 0.2) is 0 Å². The number of carbonyl (C=O) groups excluding carboxylic acids is 2. The van der Waals surface area contributed by atoms with E-state index < -0.39 is 0 Å². The Morgan fingerprint density at radius 3 is 2.46 bits per heavy atom. The molecule has 2 heterocycles. The number of ether oxygens (including phenoxy) is 1. The van der Waals surface area contributed by atoms with Gasteiger partial charge in [-0.2, -0.15) is 0 Å². The van der Waals surface area contributed by atoms with Gasteiger partial charge in [0.25, 0.3) is 0 Å². The maximum atomic E-state index is 12.8. The molecule has 0 unspecified atom stereocenters. The maximum absolute atomic E-state index is 12.8. The number of nitrogens with zero attached hydrogens (tertiary/aromatic N) is 3. The molecular weight excluding hydrogens is 378 g/mol. The van der Waals surface area contributed by atoms with E-state index in [1.54, 1.807) is 13.0 Å². The van der Waals surface area contributed by atoms with Gasteiger partial charge in [0.05, 0.1) is 12.2 Å². The van der Waals surface area contributed by atoms with Crippen LogP contribution in [-0.2, 0) is 16.1 Å². The Morgan fingerprint density at radius 1 is 1.11 bits per heavy atom. The van der Waals surface area contributed by atoms with Crippen LogP contribution in [0.4, 0.5) is 5.69 Å².